The first-order valence-corrected chi connectivity index (χ1v) is 12.5. The van der Waals surface area contributed by atoms with Gasteiger partial charge in [0, 0.05) is 24.2 Å². The lowest BCUT2D eigenvalue weighted by molar-refractivity contribution is -0.154. The van der Waals surface area contributed by atoms with Crippen LogP contribution >= 0.6 is 11.6 Å². The molecule has 184 valence electrons. The van der Waals surface area contributed by atoms with Gasteiger partial charge in [-0.15, -0.1) is 0 Å². The molecule has 2 saturated heterocycles. The molecule has 2 atom stereocenters. The van der Waals surface area contributed by atoms with Crippen LogP contribution in [0.4, 0.5) is 10.6 Å². The van der Waals surface area contributed by atoms with Gasteiger partial charge in [0.05, 0.1) is 18.2 Å². The molecule has 3 aromatic rings. The predicted octanol–water partition coefficient (Wildman–Crippen LogP) is 2.92. The van der Waals surface area contributed by atoms with Gasteiger partial charge in [0.1, 0.15) is 11.5 Å². The number of nitrogens with zero attached hydrogens (tertiary/aromatic N) is 4. The lowest BCUT2D eigenvalue weighted by Gasteiger charge is -2.50. The van der Waals surface area contributed by atoms with Crippen molar-refractivity contribution < 1.29 is 14.4 Å². The first-order chi connectivity index (χ1) is 17.4. The molecule has 3 aliphatic heterocycles. The van der Waals surface area contributed by atoms with Gasteiger partial charge in [-0.05, 0) is 36.6 Å². The van der Waals surface area contributed by atoms with E-state index in [2.05, 4.69) is 5.32 Å². The molecule has 1 spiro atoms. The van der Waals surface area contributed by atoms with E-state index in [4.69, 9.17) is 16.6 Å². The van der Waals surface area contributed by atoms with Crippen LogP contribution in [0.1, 0.15) is 36.8 Å². The van der Waals surface area contributed by atoms with E-state index < -0.39 is 29.3 Å². The van der Waals surface area contributed by atoms with E-state index >= 15 is 0 Å². The fourth-order valence-electron chi connectivity index (χ4n) is 5.87. The largest absolute Gasteiger partial charge is 0.352 e. The summed E-state index contributed by atoms with van der Waals surface area (Å²) in [6.45, 7) is 0.488. The van der Waals surface area contributed by atoms with Crippen molar-refractivity contribution in [3.8, 4) is 0 Å². The van der Waals surface area contributed by atoms with Crippen LogP contribution in [0.15, 0.2) is 53.5 Å². The summed E-state index contributed by atoms with van der Waals surface area (Å²) in [5.74, 6) is -0.733. The number of anilines is 1. The minimum Gasteiger partial charge on any atom is -0.352 e. The first kappa shape index (κ1) is 22.7. The second-order valence-corrected chi connectivity index (χ2v) is 10.0. The minimum absolute atomic E-state index is 0.0755. The number of pyridine rings is 1. The quantitative estimate of drug-likeness (QED) is 0.537. The zero-order chi connectivity index (χ0) is 25.0. The van der Waals surface area contributed by atoms with Crippen LogP contribution in [-0.2, 0) is 22.6 Å². The molecule has 9 nitrogen and oxygen atoms in total. The first-order valence-electron chi connectivity index (χ1n) is 12.1. The Hall–Kier alpha value is -3.72. The summed E-state index contributed by atoms with van der Waals surface area (Å²) in [6.07, 6.45) is 4.68. The van der Waals surface area contributed by atoms with Crippen molar-refractivity contribution in [3.63, 3.8) is 0 Å². The van der Waals surface area contributed by atoms with Crippen LogP contribution in [0.5, 0.6) is 0 Å². The molecule has 10 heteroatoms. The van der Waals surface area contributed by atoms with E-state index in [0.717, 1.165) is 24.2 Å². The molecule has 2 aromatic heterocycles. The Balaban J connectivity index is 1.53. The van der Waals surface area contributed by atoms with Crippen molar-refractivity contribution in [3.05, 3.63) is 75.2 Å². The highest BCUT2D eigenvalue weighted by atomic mass is 35.5. The number of hydrogen-bond acceptors (Lipinski definition) is 6. The average Bonchev–Trinajstić information content (AvgIpc) is 3.14. The highest BCUT2D eigenvalue weighted by Crippen LogP contribution is 2.46. The third-order valence-corrected chi connectivity index (χ3v) is 8.01. The van der Waals surface area contributed by atoms with Crippen molar-refractivity contribution in [2.75, 3.05) is 11.4 Å². The van der Waals surface area contributed by atoms with E-state index in [1.165, 1.54) is 4.40 Å². The molecular weight excluding hydrogens is 482 g/mol. The Morgan fingerprint density at radius 1 is 1.03 bits per heavy atom. The van der Waals surface area contributed by atoms with Gasteiger partial charge in [0.2, 0.25) is 11.8 Å². The summed E-state index contributed by atoms with van der Waals surface area (Å²) in [5.41, 5.74) is -0.528. The SMILES string of the molecule is O=C1NC(=O)[C@]2(Cc3c(nc4ccccn4c3=O)N3CCCCC[C@@H]32)C(=O)N1Cc1ccccc1Cl. The number of amides is 4. The van der Waals surface area contributed by atoms with Crippen molar-refractivity contribution in [2.45, 2.75) is 44.7 Å². The monoisotopic (exact) mass is 505 g/mol. The summed E-state index contributed by atoms with van der Waals surface area (Å²) in [4.78, 5) is 62.2. The van der Waals surface area contributed by atoms with Crippen molar-refractivity contribution in [1.29, 1.82) is 0 Å². The Bertz CT molecular complexity index is 1490. The van der Waals surface area contributed by atoms with E-state index in [-0.39, 0.29) is 18.5 Å². The fourth-order valence-corrected chi connectivity index (χ4v) is 6.07. The molecule has 0 bridgehead atoms. The summed E-state index contributed by atoms with van der Waals surface area (Å²) < 4.78 is 1.43. The third kappa shape index (κ3) is 3.26. The Kier molecular flexibility index (Phi) is 5.33. The Morgan fingerprint density at radius 2 is 1.83 bits per heavy atom. The zero-order valence-electron chi connectivity index (χ0n) is 19.4. The molecule has 6 rings (SSSR count). The molecule has 0 unspecified atom stereocenters. The number of imide groups is 2. The van der Waals surface area contributed by atoms with Crippen LogP contribution in [-0.4, -0.2) is 44.7 Å². The summed E-state index contributed by atoms with van der Waals surface area (Å²) >= 11 is 6.32. The maximum absolute atomic E-state index is 14.2. The fraction of sp³-hybridized carbons (Fsp3) is 0.346. The van der Waals surface area contributed by atoms with Crippen LogP contribution < -0.4 is 15.8 Å². The van der Waals surface area contributed by atoms with Gasteiger partial charge in [-0.3, -0.25) is 29.0 Å². The summed E-state index contributed by atoms with van der Waals surface area (Å²) in [6, 6.07) is 11.0. The van der Waals surface area contributed by atoms with Crippen molar-refractivity contribution in [1.82, 2.24) is 19.6 Å². The number of barbiturate groups is 1. The van der Waals surface area contributed by atoms with Gasteiger partial charge in [-0.2, -0.15) is 0 Å². The van der Waals surface area contributed by atoms with E-state index in [1.54, 1.807) is 42.6 Å². The molecule has 0 radical (unpaired) electrons. The van der Waals surface area contributed by atoms with Crippen LogP contribution in [0.3, 0.4) is 0 Å². The van der Waals surface area contributed by atoms with Crippen molar-refractivity contribution in [2.24, 2.45) is 5.41 Å². The topological polar surface area (TPSA) is 104 Å². The number of nitrogens with one attached hydrogen (secondary N) is 1. The number of fused-ring (bicyclic) bond motifs is 5. The number of benzene rings is 1. The predicted molar refractivity (Wildman–Crippen MR) is 133 cm³/mol. The van der Waals surface area contributed by atoms with Gasteiger partial charge in [0.25, 0.3) is 5.56 Å². The van der Waals surface area contributed by atoms with Crippen LogP contribution in [0, 0.1) is 5.41 Å². The molecule has 4 amide bonds. The van der Waals surface area contributed by atoms with Gasteiger partial charge < -0.3 is 4.90 Å². The number of carbonyl (C=O) groups excluding carboxylic acids is 3. The lowest BCUT2D eigenvalue weighted by atomic mass is 9.68. The zero-order valence-corrected chi connectivity index (χ0v) is 20.2. The standard InChI is InChI=1S/C26H24ClN5O4/c27-18-9-4-3-8-16(18)15-32-24(35)26(23(34)29-25(32)36)14-17-21(30-12-6-1-2-10-19(26)30)28-20-11-5-7-13-31(20)22(17)33/h3-5,7-9,11,13,19H,1-2,6,10,12,14-15H2,(H,29,34,36)/t19-,26-/m1/s1. The second kappa shape index (κ2) is 8.44. The molecule has 1 N–H and O–H groups in total. The van der Waals surface area contributed by atoms with E-state index in [9.17, 15) is 19.2 Å². The number of aromatic nitrogens is 2. The smallest absolute Gasteiger partial charge is 0.331 e. The minimum atomic E-state index is -1.63. The molecule has 36 heavy (non-hydrogen) atoms. The molecular formula is C26H24ClN5O4. The molecule has 0 aliphatic carbocycles. The number of rotatable bonds is 2. The van der Waals surface area contributed by atoms with E-state index in [0.29, 0.717) is 40.6 Å². The van der Waals surface area contributed by atoms with Crippen LogP contribution in [0.25, 0.3) is 5.65 Å². The number of urea groups is 1. The van der Waals surface area contributed by atoms with Gasteiger partial charge >= 0.3 is 6.03 Å². The number of carbonyl (C=O) groups is 3. The highest BCUT2D eigenvalue weighted by molar-refractivity contribution is 6.31. The highest BCUT2D eigenvalue weighted by Gasteiger charge is 2.62. The Morgan fingerprint density at radius 3 is 2.67 bits per heavy atom. The molecule has 3 aliphatic rings. The maximum Gasteiger partial charge on any atom is 0.331 e. The maximum atomic E-state index is 14.2. The molecule has 0 saturated carbocycles. The van der Waals surface area contributed by atoms with Crippen molar-refractivity contribution >= 4 is 40.9 Å². The number of halogens is 1. The molecule has 5 heterocycles. The van der Waals surface area contributed by atoms with Crippen LogP contribution in [0.2, 0.25) is 5.02 Å². The average molecular weight is 506 g/mol. The van der Waals surface area contributed by atoms with Gasteiger partial charge in [-0.25, -0.2) is 9.78 Å². The summed E-state index contributed by atoms with van der Waals surface area (Å²) in [5, 5.41) is 2.85. The molecule has 2 fully saturated rings. The van der Waals surface area contributed by atoms with E-state index in [1.807, 2.05) is 11.0 Å². The Labute approximate surface area is 211 Å². The second-order valence-electron chi connectivity index (χ2n) is 9.60. The molecule has 1 aromatic carbocycles. The lowest BCUT2D eigenvalue weighted by Crippen LogP contribution is -2.72. The van der Waals surface area contributed by atoms with Gasteiger partial charge in [0.15, 0.2) is 5.41 Å². The third-order valence-electron chi connectivity index (χ3n) is 7.64. The summed E-state index contributed by atoms with van der Waals surface area (Å²) in [7, 11) is 0. The number of hydrogen-bond donors (Lipinski definition) is 1. The normalized spacial score (nSPS) is 23.9. The van der Waals surface area contributed by atoms with Gasteiger partial charge in [-0.1, -0.05) is 48.7 Å².